The fourth-order valence-corrected chi connectivity index (χ4v) is 3.77. The summed E-state index contributed by atoms with van der Waals surface area (Å²) in [7, 11) is 2.06. The van der Waals surface area contributed by atoms with E-state index in [0.717, 1.165) is 18.6 Å². The Morgan fingerprint density at radius 2 is 1.89 bits per heavy atom. The van der Waals surface area contributed by atoms with Crippen LogP contribution in [0.5, 0.6) is 0 Å². The predicted molar refractivity (Wildman–Crippen MR) is 75.9 cm³/mol. The Hall–Kier alpha value is -0.120. The second kappa shape index (κ2) is 6.88. The Balaban J connectivity index is 1.94. The molecule has 0 aliphatic carbocycles. The highest BCUT2D eigenvalue weighted by Gasteiger charge is 2.33. The Morgan fingerprint density at radius 1 is 1.17 bits per heavy atom. The first-order valence-electron chi connectivity index (χ1n) is 7.76. The van der Waals surface area contributed by atoms with Gasteiger partial charge in [0.15, 0.2) is 0 Å². The van der Waals surface area contributed by atoms with E-state index in [1.807, 2.05) is 0 Å². The molecule has 0 aromatic rings. The maximum absolute atomic E-state index is 5.88. The summed E-state index contributed by atoms with van der Waals surface area (Å²) < 4.78 is 5.88. The van der Waals surface area contributed by atoms with Gasteiger partial charge in [-0.2, -0.15) is 0 Å². The lowest BCUT2D eigenvalue weighted by atomic mass is 9.91. The zero-order chi connectivity index (χ0) is 13.0. The fourth-order valence-electron chi connectivity index (χ4n) is 3.77. The van der Waals surface area contributed by atoms with E-state index in [0.29, 0.717) is 12.2 Å². The number of nitrogens with zero attached hydrogens (tertiary/aromatic N) is 1. The topological polar surface area (TPSA) is 24.5 Å². The average Bonchev–Trinajstić information content (AvgIpc) is 2.35. The quantitative estimate of drug-likeness (QED) is 0.834. The summed E-state index contributed by atoms with van der Waals surface area (Å²) in [5.41, 5.74) is 0. The molecule has 0 amide bonds. The summed E-state index contributed by atoms with van der Waals surface area (Å²) in [4.78, 5) is 2.80. The van der Waals surface area contributed by atoms with E-state index in [1.54, 1.807) is 0 Å². The van der Waals surface area contributed by atoms with Crippen molar-refractivity contribution >= 4 is 0 Å². The smallest absolute Gasteiger partial charge is 0.0565 e. The van der Waals surface area contributed by atoms with E-state index in [9.17, 15) is 0 Å². The lowest BCUT2D eigenvalue weighted by molar-refractivity contribution is -0.0772. The molecule has 2 fully saturated rings. The van der Waals surface area contributed by atoms with Crippen LogP contribution in [-0.2, 0) is 4.74 Å². The van der Waals surface area contributed by atoms with Gasteiger partial charge in [-0.05, 0) is 66.1 Å². The van der Waals surface area contributed by atoms with Crippen molar-refractivity contribution in [1.29, 1.82) is 0 Å². The van der Waals surface area contributed by atoms with Gasteiger partial charge >= 0.3 is 0 Å². The number of piperidine rings is 1. The zero-order valence-electron chi connectivity index (χ0n) is 12.3. The highest BCUT2D eigenvalue weighted by Crippen LogP contribution is 2.30. The third-order valence-corrected chi connectivity index (χ3v) is 4.54. The number of hydrogen-bond donors (Lipinski definition) is 1. The van der Waals surface area contributed by atoms with Gasteiger partial charge in [0, 0.05) is 12.1 Å². The molecule has 2 aliphatic heterocycles. The Morgan fingerprint density at radius 3 is 2.56 bits per heavy atom. The molecule has 2 aliphatic rings. The molecule has 3 unspecified atom stereocenters. The third-order valence-electron chi connectivity index (χ3n) is 4.54. The van der Waals surface area contributed by atoms with Gasteiger partial charge in [-0.3, -0.25) is 4.90 Å². The molecule has 18 heavy (non-hydrogen) atoms. The van der Waals surface area contributed by atoms with Crippen LogP contribution in [0.25, 0.3) is 0 Å². The van der Waals surface area contributed by atoms with Crippen molar-refractivity contribution in [3.8, 4) is 0 Å². The number of hydrogen-bond acceptors (Lipinski definition) is 3. The molecule has 1 N–H and O–H groups in total. The molecule has 0 aromatic heterocycles. The molecule has 0 aromatic carbocycles. The molecule has 0 bridgehead atoms. The zero-order valence-corrected chi connectivity index (χ0v) is 12.3. The Labute approximate surface area is 112 Å². The van der Waals surface area contributed by atoms with Crippen LogP contribution < -0.4 is 5.32 Å². The van der Waals surface area contributed by atoms with Crippen molar-refractivity contribution < 1.29 is 4.74 Å². The van der Waals surface area contributed by atoms with Gasteiger partial charge in [0.05, 0.1) is 12.2 Å². The SMILES string of the molecule is CNCCC1CCCCN1C1CC(C)OC(C)C1. The second-order valence-corrected chi connectivity index (χ2v) is 6.16. The molecule has 3 heteroatoms. The highest BCUT2D eigenvalue weighted by atomic mass is 16.5. The van der Waals surface area contributed by atoms with Crippen molar-refractivity contribution in [2.45, 2.75) is 76.7 Å². The van der Waals surface area contributed by atoms with Crippen molar-refractivity contribution in [2.24, 2.45) is 0 Å². The Kier molecular flexibility index (Phi) is 5.46. The second-order valence-electron chi connectivity index (χ2n) is 6.16. The summed E-state index contributed by atoms with van der Waals surface area (Å²) in [5, 5.41) is 3.30. The Bertz CT molecular complexity index is 237. The van der Waals surface area contributed by atoms with Gasteiger partial charge in [-0.15, -0.1) is 0 Å². The minimum Gasteiger partial charge on any atom is -0.375 e. The van der Waals surface area contributed by atoms with Crippen LogP contribution in [-0.4, -0.2) is 49.3 Å². The first-order chi connectivity index (χ1) is 8.70. The number of rotatable bonds is 4. The summed E-state index contributed by atoms with van der Waals surface area (Å²) in [6, 6.07) is 1.56. The molecule has 106 valence electrons. The van der Waals surface area contributed by atoms with Crippen molar-refractivity contribution in [3.05, 3.63) is 0 Å². The molecule has 0 saturated carbocycles. The van der Waals surface area contributed by atoms with E-state index < -0.39 is 0 Å². The van der Waals surface area contributed by atoms with E-state index in [2.05, 4.69) is 31.1 Å². The first kappa shape index (κ1) is 14.3. The van der Waals surface area contributed by atoms with Gasteiger partial charge in [0.25, 0.3) is 0 Å². The van der Waals surface area contributed by atoms with Crippen LogP contribution in [0.4, 0.5) is 0 Å². The third kappa shape index (κ3) is 3.69. The number of likely N-dealkylation sites (tertiary alicyclic amines) is 1. The van der Waals surface area contributed by atoms with Crippen LogP contribution in [0, 0.1) is 0 Å². The van der Waals surface area contributed by atoms with Crippen LogP contribution in [0.3, 0.4) is 0 Å². The lowest BCUT2D eigenvalue weighted by Crippen LogP contribution is -2.51. The summed E-state index contributed by atoms with van der Waals surface area (Å²) in [6.07, 6.45) is 8.81. The van der Waals surface area contributed by atoms with Crippen molar-refractivity contribution in [2.75, 3.05) is 20.1 Å². The molecular formula is C15H30N2O. The minimum atomic E-state index is 0.436. The largest absolute Gasteiger partial charge is 0.375 e. The number of nitrogens with one attached hydrogen (secondary N) is 1. The molecule has 0 radical (unpaired) electrons. The predicted octanol–water partition coefficient (Wildman–Crippen LogP) is 2.41. The summed E-state index contributed by atoms with van der Waals surface area (Å²) in [6.45, 7) is 6.92. The highest BCUT2D eigenvalue weighted by molar-refractivity contribution is 4.87. The monoisotopic (exact) mass is 254 g/mol. The molecule has 2 rings (SSSR count). The molecule has 2 saturated heterocycles. The summed E-state index contributed by atoms with van der Waals surface area (Å²) >= 11 is 0. The maximum atomic E-state index is 5.88. The van der Waals surface area contributed by atoms with Crippen LogP contribution in [0.15, 0.2) is 0 Å². The fraction of sp³-hybridized carbons (Fsp3) is 1.00. The minimum absolute atomic E-state index is 0.436. The van der Waals surface area contributed by atoms with Gasteiger partial charge in [0.1, 0.15) is 0 Å². The average molecular weight is 254 g/mol. The van der Waals surface area contributed by atoms with Gasteiger partial charge in [-0.1, -0.05) is 6.42 Å². The summed E-state index contributed by atoms with van der Waals surface area (Å²) in [5.74, 6) is 0. The number of ether oxygens (including phenoxy) is 1. The standard InChI is InChI=1S/C15H30N2O/c1-12-10-15(11-13(2)18-12)17-9-5-4-6-14(17)7-8-16-3/h12-16H,4-11H2,1-3H3. The van der Waals surface area contributed by atoms with Gasteiger partial charge < -0.3 is 10.1 Å². The lowest BCUT2D eigenvalue weighted by Gasteiger charge is -2.45. The first-order valence-corrected chi connectivity index (χ1v) is 7.76. The van der Waals surface area contributed by atoms with E-state index in [4.69, 9.17) is 4.74 Å². The molecule has 3 nitrogen and oxygen atoms in total. The molecular weight excluding hydrogens is 224 g/mol. The van der Waals surface area contributed by atoms with Gasteiger partial charge in [-0.25, -0.2) is 0 Å². The van der Waals surface area contributed by atoms with Crippen LogP contribution in [0.1, 0.15) is 52.4 Å². The van der Waals surface area contributed by atoms with Crippen molar-refractivity contribution in [3.63, 3.8) is 0 Å². The molecule has 3 atom stereocenters. The molecule has 2 heterocycles. The van der Waals surface area contributed by atoms with E-state index in [-0.39, 0.29) is 0 Å². The van der Waals surface area contributed by atoms with Gasteiger partial charge in [0.2, 0.25) is 0 Å². The van der Waals surface area contributed by atoms with E-state index >= 15 is 0 Å². The van der Waals surface area contributed by atoms with Crippen molar-refractivity contribution in [1.82, 2.24) is 10.2 Å². The molecule has 0 spiro atoms. The van der Waals surface area contributed by atoms with Crippen LogP contribution in [0.2, 0.25) is 0 Å². The maximum Gasteiger partial charge on any atom is 0.0565 e. The normalized spacial score (nSPS) is 38.8. The van der Waals surface area contributed by atoms with Crippen LogP contribution >= 0.6 is 0 Å². The van der Waals surface area contributed by atoms with E-state index in [1.165, 1.54) is 45.1 Å².